The van der Waals surface area contributed by atoms with E-state index in [-0.39, 0.29) is 0 Å². The zero-order valence-corrected chi connectivity index (χ0v) is 12.9. The summed E-state index contributed by atoms with van der Waals surface area (Å²) < 4.78 is 7.04. The Hall–Kier alpha value is -1.24. The Balaban J connectivity index is 1.38. The van der Waals surface area contributed by atoms with Gasteiger partial charge in [0.15, 0.2) is 0 Å². The first-order chi connectivity index (χ1) is 10.3. The van der Waals surface area contributed by atoms with E-state index in [4.69, 9.17) is 10.5 Å². The molecule has 5 nitrogen and oxygen atoms in total. The van der Waals surface area contributed by atoms with E-state index < -0.39 is 0 Å². The molecular formula is C15H22N4OS. The molecule has 0 saturated heterocycles. The molecule has 1 aliphatic carbocycles. The van der Waals surface area contributed by atoms with Crippen LogP contribution in [0.3, 0.4) is 0 Å². The number of ether oxygens (including phenoxy) is 1. The average Bonchev–Trinajstić information content (AvgIpc) is 2.98. The summed E-state index contributed by atoms with van der Waals surface area (Å²) in [7, 11) is 0. The summed E-state index contributed by atoms with van der Waals surface area (Å²) in [6.07, 6.45) is 7.42. The molecule has 6 heteroatoms. The predicted octanol–water partition coefficient (Wildman–Crippen LogP) is 2.78. The lowest BCUT2D eigenvalue weighted by molar-refractivity contribution is 0.0251. The average molecular weight is 306 g/mol. The molecule has 0 spiro atoms. The number of nitrogens with zero attached hydrogens (tertiary/aromatic N) is 2. The van der Waals surface area contributed by atoms with Gasteiger partial charge in [-0.3, -0.25) is 0 Å². The fourth-order valence-electron chi connectivity index (χ4n) is 2.70. The summed E-state index contributed by atoms with van der Waals surface area (Å²) in [6.45, 7) is 1.67. The molecule has 0 unspecified atom stereocenters. The first-order valence-electron chi connectivity index (χ1n) is 7.62. The lowest BCUT2D eigenvalue weighted by Crippen LogP contribution is -2.30. The van der Waals surface area contributed by atoms with Crippen molar-refractivity contribution in [1.82, 2.24) is 9.97 Å². The van der Waals surface area contributed by atoms with Gasteiger partial charge < -0.3 is 15.8 Å². The molecule has 1 aliphatic rings. The van der Waals surface area contributed by atoms with Gasteiger partial charge in [0.2, 0.25) is 0 Å². The highest BCUT2D eigenvalue weighted by atomic mass is 32.1. The third-order valence-corrected chi connectivity index (χ3v) is 4.84. The minimum absolute atomic E-state index is 0.387. The van der Waals surface area contributed by atoms with Gasteiger partial charge in [0, 0.05) is 19.2 Å². The summed E-state index contributed by atoms with van der Waals surface area (Å²) in [5.41, 5.74) is 6.90. The molecule has 1 fully saturated rings. The molecule has 0 amide bonds. The van der Waals surface area contributed by atoms with Crippen LogP contribution in [0.15, 0.2) is 17.8 Å². The van der Waals surface area contributed by atoms with E-state index in [1.165, 1.54) is 0 Å². The molecule has 2 aromatic rings. The molecule has 21 heavy (non-hydrogen) atoms. The topological polar surface area (TPSA) is 73.1 Å². The third kappa shape index (κ3) is 3.90. The zero-order valence-electron chi connectivity index (χ0n) is 12.1. The van der Waals surface area contributed by atoms with E-state index in [1.54, 1.807) is 17.7 Å². The van der Waals surface area contributed by atoms with Crippen LogP contribution >= 0.6 is 11.3 Å². The quantitative estimate of drug-likeness (QED) is 0.803. The highest BCUT2D eigenvalue weighted by Gasteiger charge is 2.18. The van der Waals surface area contributed by atoms with Crippen molar-refractivity contribution in [3.05, 3.63) is 17.8 Å². The molecule has 114 valence electrons. The lowest BCUT2D eigenvalue weighted by atomic mass is 9.94. The van der Waals surface area contributed by atoms with Crippen molar-refractivity contribution in [3.63, 3.8) is 0 Å². The van der Waals surface area contributed by atoms with Crippen molar-refractivity contribution < 1.29 is 4.74 Å². The first-order valence-corrected chi connectivity index (χ1v) is 8.50. The van der Waals surface area contributed by atoms with Crippen molar-refractivity contribution in [3.8, 4) is 0 Å². The Morgan fingerprint density at radius 1 is 1.29 bits per heavy atom. The van der Waals surface area contributed by atoms with Crippen molar-refractivity contribution in [2.75, 3.05) is 18.5 Å². The number of thiophene rings is 1. The molecule has 0 atom stereocenters. The maximum Gasteiger partial charge on any atom is 0.147 e. The molecule has 2 heterocycles. The number of aromatic nitrogens is 2. The lowest BCUT2D eigenvalue weighted by Gasteiger charge is -2.26. The van der Waals surface area contributed by atoms with Gasteiger partial charge in [0.05, 0.1) is 16.3 Å². The van der Waals surface area contributed by atoms with E-state index in [1.807, 2.05) is 11.4 Å². The molecule has 0 aliphatic heterocycles. The van der Waals surface area contributed by atoms with E-state index in [0.717, 1.165) is 61.3 Å². The summed E-state index contributed by atoms with van der Waals surface area (Å²) >= 11 is 1.67. The predicted molar refractivity (Wildman–Crippen MR) is 86.7 cm³/mol. The Labute approximate surface area is 128 Å². The van der Waals surface area contributed by atoms with Crippen LogP contribution in [0, 0.1) is 0 Å². The molecule has 2 aromatic heterocycles. The molecule has 1 saturated carbocycles. The molecule has 0 bridgehead atoms. The molecule has 0 radical (unpaired) electrons. The zero-order chi connectivity index (χ0) is 14.5. The first kappa shape index (κ1) is 14.7. The SMILES string of the molecule is NC1CCC(OCCCNc2ncnc3ccsc23)CC1. The fraction of sp³-hybridized carbons (Fsp3) is 0.600. The highest BCUT2D eigenvalue weighted by Crippen LogP contribution is 2.24. The Bertz CT molecular complexity index is 566. The van der Waals surface area contributed by atoms with Crippen LogP contribution in [0.2, 0.25) is 0 Å². The monoisotopic (exact) mass is 306 g/mol. The summed E-state index contributed by atoms with van der Waals surface area (Å²) in [6, 6.07) is 2.40. The summed E-state index contributed by atoms with van der Waals surface area (Å²) in [4.78, 5) is 8.55. The molecule has 3 N–H and O–H groups in total. The van der Waals surface area contributed by atoms with E-state index in [0.29, 0.717) is 12.1 Å². The molecular weight excluding hydrogens is 284 g/mol. The Morgan fingerprint density at radius 2 is 2.14 bits per heavy atom. The second-order valence-electron chi connectivity index (χ2n) is 5.55. The number of rotatable bonds is 6. The van der Waals surface area contributed by atoms with Gasteiger partial charge in [0.1, 0.15) is 12.1 Å². The van der Waals surface area contributed by atoms with E-state index >= 15 is 0 Å². The second-order valence-corrected chi connectivity index (χ2v) is 6.46. The maximum atomic E-state index is 5.92. The smallest absolute Gasteiger partial charge is 0.147 e. The largest absolute Gasteiger partial charge is 0.378 e. The normalized spacial score (nSPS) is 22.5. The van der Waals surface area contributed by atoms with E-state index in [2.05, 4.69) is 15.3 Å². The van der Waals surface area contributed by atoms with Gasteiger partial charge in [-0.1, -0.05) is 0 Å². The highest BCUT2D eigenvalue weighted by molar-refractivity contribution is 7.17. The Morgan fingerprint density at radius 3 is 3.00 bits per heavy atom. The number of hydrogen-bond donors (Lipinski definition) is 2. The molecule has 3 rings (SSSR count). The number of nitrogens with two attached hydrogens (primary N) is 1. The summed E-state index contributed by atoms with van der Waals surface area (Å²) in [5.74, 6) is 0.929. The summed E-state index contributed by atoms with van der Waals surface area (Å²) in [5, 5.41) is 5.42. The van der Waals surface area contributed by atoms with Crippen molar-refractivity contribution in [2.24, 2.45) is 5.73 Å². The van der Waals surface area contributed by atoms with Crippen LogP contribution in [0.25, 0.3) is 10.2 Å². The number of fused-ring (bicyclic) bond motifs is 1. The maximum absolute atomic E-state index is 5.92. The van der Waals surface area contributed by atoms with Crippen LogP contribution in [0.4, 0.5) is 5.82 Å². The molecule has 0 aromatic carbocycles. The van der Waals surface area contributed by atoms with Gasteiger partial charge in [-0.2, -0.15) is 0 Å². The minimum Gasteiger partial charge on any atom is -0.378 e. The second kappa shape index (κ2) is 7.15. The van der Waals surface area contributed by atoms with Crippen LogP contribution in [0.5, 0.6) is 0 Å². The van der Waals surface area contributed by atoms with Gasteiger partial charge in [-0.05, 0) is 43.6 Å². The van der Waals surface area contributed by atoms with E-state index in [9.17, 15) is 0 Å². The van der Waals surface area contributed by atoms with Crippen LogP contribution < -0.4 is 11.1 Å². The fourth-order valence-corrected chi connectivity index (χ4v) is 3.51. The van der Waals surface area contributed by atoms with Gasteiger partial charge in [-0.15, -0.1) is 11.3 Å². The van der Waals surface area contributed by atoms with Gasteiger partial charge in [0.25, 0.3) is 0 Å². The number of hydrogen-bond acceptors (Lipinski definition) is 6. The number of nitrogens with one attached hydrogen (secondary N) is 1. The van der Waals surface area contributed by atoms with Gasteiger partial charge in [-0.25, -0.2) is 9.97 Å². The Kier molecular flexibility index (Phi) is 5.00. The van der Waals surface area contributed by atoms with Gasteiger partial charge >= 0.3 is 0 Å². The number of anilines is 1. The van der Waals surface area contributed by atoms with Crippen molar-refractivity contribution in [2.45, 2.75) is 44.2 Å². The van der Waals surface area contributed by atoms with Crippen molar-refractivity contribution in [1.29, 1.82) is 0 Å². The van der Waals surface area contributed by atoms with Crippen LogP contribution in [-0.2, 0) is 4.74 Å². The minimum atomic E-state index is 0.387. The standard InChI is InChI=1S/C15H22N4OS/c16-11-2-4-12(5-3-11)20-8-1-7-17-15-14-13(6-9-21-14)18-10-19-15/h6,9-12H,1-5,7-8,16H2,(H,17,18,19). The van der Waals surface area contributed by atoms with Crippen LogP contribution in [-0.4, -0.2) is 35.3 Å². The van der Waals surface area contributed by atoms with Crippen molar-refractivity contribution >= 4 is 27.4 Å². The third-order valence-electron chi connectivity index (χ3n) is 3.93. The van der Waals surface area contributed by atoms with Crippen LogP contribution in [0.1, 0.15) is 32.1 Å².